The molecule has 6 nitrogen and oxygen atoms in total. The van der Waals surface area contributed by atoms with E-state index in [9.17, 15) is 9.59 Å². The molecule has 1 aromatic rings. The van der Waals surface area contributed by atoms with E-state index in [1.807, 2.05) is 28.0 Å². The maximum absolute atomic E-state index is 12.4. The summed E-state index contributed by atoms with van der Waals surface area (Å²) in [5, 5.41) is 0. The highest BCUT2D eigenvalue weighted by molar-refractivity contribution is 5.91. The molecule has 6 heteroatoms. The summed E-state index contributed by atoms with van der Waals surface area (Å²) >= 11 is 0. The van der Waals surface area contributed by atoms with Crippen molar-refractivity contribution in [2.24, 2.45) is 0 Å². The predicted molar refractivity (Wildman–Crippen MR) is 96.7 cm³/mol. The minimum atomic E-state index is 0.0320. The molecule has 25 heavy (non-hydrogen) atoms. The molecule has 2 saturated heterocycles. The Kier molecular flexibility index (Phi) is 6.17. The summed E-state index contributed by atoms with van der Waals surface area (Å²) in [6, 6.07) is 3.75. The van der Waals surface area contributed by atoms with Crippen molar-refractivity contribution in [3.05, 3.63) is 36.2 Å². The number of carbonyl (C=O) groups is 2. The Bertz CT molecular complexity index is 611. The molecule has 0 aromatic carbocycles. The standard InChI is InChI=1S/C19H26N4O2/c24-18(5-4-17-6-8-20-9-7-17)23-13-3-10-21(14-15-23)16-19(25)22-11-1-2-12-22/h4-9H,1-3,10-16H2. The average Bonchev–Trinajstić information content (AvgIpc) is 3.08. The largest absolute Gasteiger partial charge is 0.342 e. The van der Waals surface area contributed by atoms with Crippen molar-refractivity contribution < 1.29 is 9.59 Å². The van der Waals surface area contributed by atoms with E-state index in [0.717, 1.165) is 57.5 Å². The second-order valence-corrected chi connectivity index (χ2v) is 6.66. The molecule has 3 heterocycles. The van der Waals surface area contributed by atoms with E-state index < -0.39 is 0 Å². The van der Waals surface area contributed by atoms with Crippen LogP contribution in [0.15, 0.2) is 30.6 Å². The van der Waals surface area contributed by atoms with Gasteiger partial charge in [-0.15, -0.1) is 0 Å². The highest BCUT2D eigenvalue weighted by Gasteiger charge is 2.23. The van der Waals surface area contributed by atoms with Gasteiger partial charge in [0.2, 0.25) is 11.8 Å². The van der Waals surface area contributed by atoms with E-state index in [1.54, 1.807) is 18.5 Å². The Morgan fingerprint density at radius 1 is 0.920 bits per heavy atom. The highest BCUT2D eigenvalue weighted by Crippen LogP contribution is 2.10. The number of likely N-dealkylation sites (tertiary alicyclic amines) is 1. The lowest BCUT2D eigenvalue weighted by molar-refractivity contribution is -0.131. The van der Waals surface area contributed by atoms with Crippen LogP contribution in [0, 0.1) is 0 Å². The Morgan fingerprint density at radius 2 is 1.64 bits per heavy atom. The molecular weight excluding hydrogens is 316 g/mol. The second kappa shape index (κ2) is 8.76. The van der Waals surface area contributed by atoms with Crippen molar-refractivity contribution in [1.29, 1.82) is 0 Å². The number of hydrogen-bond donors (Lipinski definition) is 0. The number of carbonyl (C=O) groups excluding carboxylic acids is 2. The van der Waals surface area contributed by atoms with Gasteiger partial charge in [0.05, 0.1) is 6.54 Å². The van der Waals surface area contributed by atoms with Crippen molar-refractivity contribution in [3.8, 4) is 0 Å². The van der Waals surface area contributed by atoms with Crippen LogP contribution in [-0.4, -0.2) is 77.3 Å². The van der Waals surface area contributed by atoms with Gasteiger partial charge in [-0.3, -0.25) is 19.5 Å². The molecule has 2 amide bonds. The molecule has 0 bridgehead atoms. The normalized spacial score (nSPS) is 19.4. The maximum Gasteiger partial charge on any atom is 0.246 e. The van der Waals surface area contributed by atoms with Crippen LogP contribution in [0.5, 0.6) is 0 Å². The summed E-state index contributed by atoms with van der Waals surface area (Å²) in [6.45, 7) is 5.33. The zero-order chi connectivity index (χ0) is 17.5. The van der Waals surface area contributed by atoms with Gasteiger partial charge in [0.1, 0.15) is 0 Å². The van der Waals surface area contributed by atoms with Crippen LogP contribution in [0.4, 0.5) is 0 Å². The van der Waals surface area contributed by atoms with Gasteiger partial charge in [-0.1, -0.05) is 0 Å². The van der Waals surface area contributed by atoms with Crippen molar-refractivity contribution in [2.75, 3.05) is 45.8 Å². The lowest BCUT2D eigenvalue weighted by Gasteiger charge is -2.23. The van der Waals surface area contributed by atoms with E-state index in [1.165, 1.54) is 0 Å². The topological polar surface area (TPSA) is 56.8 Å². The molecule has 0 spiro atoms. The van der Waals surface area contributed by atoms with Gasteiger partial charge in [-0.05, 0) is 43.0 Å². The van der Waals surface area contributed by atoms with Crippen LogP contribution in [0.1, 0.15) is 24.8 Å². The molecule has 2 fully saturated rings. The molecule has 0 aliphatic carbocycles. The van der Waals surface area contributed by atoms with E-state index in [2.05, 4.69) is 9.88 Å². The Morgan fingerprint density at radius 3 is 2.40 bits per heavy atom. The third kappa shape index (κ3) is 5.13. The number of amides is 2. The predicted octanol–water partition coefficient (Wildman–Crippen LogP) is 1.25. The molecule has 3 rings (SSSR count). The molecule has 0 saturated carbocycles. The summed E-state index contributed by atoms with van der Waals surface area (Å²) in [5.41, 5.74) is 0.969. The third-order valence-electron chi connectivity index (χ3n) is 4.84. The maximum atomic E-state index is 12.4. The SMILES string of the molecule is O=C(C=Cc1ccncc1)N1CCCN(CC(=O)N2CCCC2)CC1. The zero-order valence-electron chi connectivity index (χ0n) is 14.6. The first-order valence-electron chi connectivity index (χ1n) is 9.09. The van der Waals surface area contributed by atoms with Crippen molar-refractivity contribution in [2.45, 2.75) is 19.3 Å². The van der Waals surface area contributed by atoms with Gasteiger partial charge >= 0.3 is 0 Å². The van der Waals surface area contributed by atoms with Crippen molar-refractivity contribution >= 4 is 17.9 Å². The van der Waals surface area contributed by atoms with Crippen LogP contribution in [0.2, 0.25) is 0 Å². The minimum absolute atomic E-state index is 0.0320. The first kappa shape index (κ1) is 17.6. The number of hydrogen-bond acceptors (Lipinski definition) is 4. The fourth-order valence-electron chi connectivity index (χ4n) is 3.35. The average molecular weight is 342 g/mol. The minimum Gasteiger partial charge on any atom is -0.342 e. The van der Waals surface area contributed by atoms with Gasteiger partial charge in [-0.2, -0.15) is 0 Å². The lowest BCUT2D eigenvalue weighted by Crippen LogP contribution is -2.41. The van der Waals surface area contributed by atoms with Gasteiger partial charge in [-0.25, -0.2) is 0 Å². The summed E-state index contributed by atoms with van der Waals surface area (Å²) < 4.78 is 0. The van der Waals surface area contributed by atoms with Gasteiger partial charge in [0.25, 0.3) is 0 Å². The number of aromatic nitrogens is 1. The summed E-state index contributed by atoms with van der Waals surface area (Å²) in [4.78, 5) is 34.7. The van der Waals surface area contributed by atoms with Crippen molar-refractivity contribution in [1.82, 2.24) is 19.7 Å². The summed E-state index contributed by atoms with van der Waals surface area (Å²) in [5.74, 6) is 0.263. The fraction of sp³-hybridized carbons (Fsp3) is 0.526. The molecule has 0 unspecified atom stereocenters. The van der Waals surface area contributed by atoms with Gasteiger partial charge < -0.3 is 9.80 Å². The number of rotatable bonds is 4. The van der Waals surface area contributed by atoms with Crippen LogP contribution in [-0.2, 0) is 9.59 Å². The molecule has 2 aliphatic heterocycles. The Hall–Kier alpha value is -2.21. The van der Waals surface area contributed by atoms with E-state index in [-0.39, 0.29) is 11.8 Å². The zero-order valence-corrected chi connectivity index (χ0v) is 14.6. The van der Waals surface area contributed by atoms with Crippen LogP contribution in [0.3, 0.4) is 0 Å². The Balaban J connectivity index is 1.48. The van der Waals surface area contributed by atoms with Crippen LogP contribution >= 0.6 is 0 Å². The summed E-state index contributed by atoms with van der Waals surface area (Å²) in [6.07, 6.45) is 10.0. The molecular formula is C19H26N4O2. The van der Waals surface area contributed by atoms with Crippen LogP contribution < -0.4 is 0 Å². The molecule has 134 valence electrons. The fourth-order valence-corrected chi connectivity index (χ4v) is 3.35. The number of pyridine rings is 1. The monoisotopic (exact) mass is 342 g/mol. The van der Waals surface area contributed by atoms with E-state index in [0.29, 0.717) is 13.1 Å². The smallest absolute Gasteiger partial charge is 0.246 e. The Labute approximate surface area is 149 Å². The lowest BCUT2D eigenvalue weighted by atomic mass is 10.2. The molecule has 2 aliphatic rings. The van der Waals surface area contributed by atoms with Gasteiger partial charge in [0, 0.05) is 57.7 Å². The second-order valence-electron chi connectivity index (χ2n) is 6.66. The van der Waals surface area contributed by atoms with E-state index >= 15 is 0 Å². The molecule has 1 aromatic heterocycles. The van der Waals surface area contributed by atoms with Gasteiger partial charge in [0.15, 0.2) is 0 Å². The molecule has 0 atom stereocenters. The van der Waals surface area contributed by atoms with E-state index in [4.69, 9.17) is 0 Å². The first-order chi connectivity index (χ1) is 12.2. The van der Waals surface area contributed by atoms with Crippen LogP contribution in [0.25, 0.3) is 6.08 Å². The first-order valence-corrected chi connectivity index (χ1v) is 9.09. The quantitative estimate of drug-likeness (QED) is 0.773. The van der Waals surface area contributed by atoms with Crippen molar-refractivity contribution in [3.63, 3.8) is 0 Å². The number of nitrogens with zero attached hydrogens (tertiary/aromatic N) is 4. The molecule has 0 N–H and O–H groups in total. The third-order valence-corrected chi connectivity index (χ3v) is 4.84. The highest BCUT2D eigenvalue weighted by atomic mass is 16.2. The molecule has 0 radical (unpaired) electrons. The summed E-state index contributed by atoms with van der Waals surface area (Å²) in [7, 11) is 0.